The van der Waals surface area contributed by atoms with Crippen molar-refractivity contribution in [3.05, 3.63) is 115 Å². The average Bonchev–Trinajstić information content (AvgIpc) is 3.37. The molecule has 0 saturated heterocycles. The van der Waals surface area contributed by atoms with Crippen molar-refractivity contribution < 1.29 is 0 Å². The second-order valence-corrected chi connectivity index (χ2v) is 8.46. The van der Waals surface area contributed by atoms with Crippen LogP contribution >= 0.6 is 0 Å². The molecular formula is C30H19N5. The molecule has 4 aromatic carbocycles. The largest absolute Gasteiger partial charge is 0.245 e. The Hall–Kier alpha value is -4.90. The van der Waals surface area contributed by atoms with Crippen LogP contribution in [0.2, 0.25) is 0 Å². The molecule has 5 nitrogen and oxygen atoms in total. The highest BCUT2D eigenvalue weighted by Gasteiger charge is 2.13. The Balaban J connectivity index is 1.43. The summed E-state index contributed by atoms with van der Waals surface area (Å²) < 4.78 is 0. The first-order valence-electron chi connectivity index (χ1n) is 11.5. The second-order valence-electron chi connectivity index (χ2n) is 8.46. The first kappa shape index (κ1) is 19.6. The molecule has 7 aromatic rings. The summed E-state index contributed by atoms with van der Waals surface area (Å²) in [5.41, 5.74) is 8.22. The van der Waals surface area contributed by atoms with Crippen molar-refractivity contribution in [2.24, 2.45) is 0 Å². The van der Waals surface area contributed by atoms with E-state index < -0.39 is 0 Å². The van der Waals surface area contributed by atoms with E-state index in [-0.39, 0.29) is 0 Å². The van der Waals surface area contributed by atoms with Crippen LogP contribution in [-0.4, -0.2) is 25.0 Å². The SMILES string of the molecule is c1ccc(-c2ccc3ccc4ccc(-c5ccccc5-n5nc6ccccc6n5)nc4c3n2)cc1. The van der Waals surface area contributed by atoms with E-state index in [9.17, 15) is 0 Å². The first-order chi connectivity index (χ1) is 17.3. The molecule has 0 unspecified atom stereocenters. The number of hydrogen-bond donors (Lipinski definition) is 0. The Bertz CT molecular complexity index is 1820. The number of para-hydroxylation sites is 1. The number of nitrogens with zero attached hydrogens (tertiary/aromatic N) is 5. The van der Waals surface area contributed by atoms with Crippen molar-refractivity contribution in [1.29, 1.82) is 0 Å². The highest BCUT2D eigenvalue weighted by molar-refractivity contribution is 6.04. The number of benzene rings is 4. The molecule has 0 radical (unpaired) electrons. The second kappa shape index (κ2) is 7.85. The zero-order valence-corrected chi connectivity index (χ0v) is 18.7. The van der Waals surface area contributed by atoms with Crippen LogP contribution in [0.4, 0.5) is 0 Å². The molecule has 0 aliphatic carbocycles. The highest BCUT2D eigenvalue weighted by atomic mass is 15.5. The molecule has 0 fully saturated rings. The van der Waals surface area contributed by atoms with Crippen molar-refractivity contribution in [1.82, 2.24) is 25.0 Å². The van der Waals surface area contributed by atoms with Gasteiger partial charge in [0, 0.05) is 21.9 Å². The van der Waals surface area contributed by atoms with Crippen LogP contribution in [0.3, 0.4) is 0 Å². The van der Waals surface area contributed by atoms with Crippen molar-refractivity contribution in [2.75, 3.05) is 0 Å². The van der Waals surface area contributed by atoms with Crippen LogP contribution < -0.4 is 0 Å². The van der Waals surface area contributed by atoms with Crippen LogP contribution in [-0.2, 0) is 0 Å². The fourth-order valence-electron chi connectivity index (χ4n) is 4.52. The lowest BCUT2D eigenvalue weighted by Gasteiger charge is -2.10. The minimum atomic E-state index is 0.855. The summed E-state index contributed by atoms with van der Waals surface area (Å²) in [5, 5.41) is 11.5. The van der Waals surface area contributed by atoms with Crippen molar-refractivity contribution in [3.8, 4) is 28.2 Å². The van der Waals surface area contributed by atoms with E-state index in [1.165, 1.54) is 0 Å². The third-order valence-electron chi connectivity index (χ3n) is 6.27. The van der Waals surface area contributed by atoms with Gasteiger partial charge in [-0.1, -0.05) is 84.9 Å². The van der Waals surface area contributed by atoms with E-state index in [1.54, 1.807) is 4.80 Å². The minimum Gasteiger partial charge on any atom is -0.245 e. The minimum absolute atomic E-state index is 0.855. The maximum atomic E-state index is 5.12. The van der Waals surface area contributed by atoms with Gasteiger partial charge in [0.15, 0.2) is 0 Å². The van der Waals surface area contributed by atoms with Gasteiger partial charge < -0.3 is 0 Å². The van der Waals surface area contributed by atoms with E-state index in [0.717, 1.165) is 61.0 Å². The Morgan fingerprint density at radius 3 is 1.71 bits per heavy atom. The molecule has 0 saturated carbocycles. The lowest BCUT2D eigenvalue weighted by molar-refractivity contribution is 0.767. The molecule has 0 bridgehead atoms. The lowest BCUT2D eigenvalue weighted by Crippen LogP contribution is -2.01. The molecule has 0 N–H and O–H groups in total. The molecule has 0 amide bonds. The van der Waals surface area contributed by atoms with E-state index in [0.29, 0.717) is 0 Å². The Labute approximate surface area is 201 Å². The summed E-state index contributed by atoms with van der Waals surface area (Å²) in [5.74, 6) is 0. The predicted octanol–water partition coefficient (Wildman–Crippen LogP) is 6.85. The highest BCUT2D eigenvalue weighted by Crippen LogP contribution is 2.30. The van der Waals surface area contributed by atoms with E-state index >= 15 is 0 Å². The van der Waals surface area contributed by atoms with Crippen LogP contribution in [0.25, 0.3) is 61.0 Å². The molecule has 3 heterocycles. The van der Waals surface area contributed by atoms with Gasteiger partial charge in [-0.25, -0.2) is 9.97 Å². The lowest BCUT2D eigenvalue weighted by atomic mass is 10.0. The molecule has 35 heavy (non-hydrogen) atoms. The summed E-state index contributed by atoms with van der Waals surface area (Å²) in [7, 11) is 0. The summed E-state index contributed by atoms with van der Waals surface area (Å²) in [6.07, 6.45) is 0. The van der Waals surface area contributed by atoms with Gasteiger partial charge >= 0.3 is 0 Å². The van der Waals surface area contributed by atoms with E-state index in [4.69, 9.17) is 20.2 Å². The molecule has 0 spiro atoms. The average molecular weight is 450 g/mol. The predicted molar refractivity (Wildman–Crippen MR) is 140 cm³/mol. The summed E-state index contributed by atoms with van der Waals surface area (Å²) in [6, 6.07) is 38.8. The number of fused-ring (bicyclic) bond motifs is 4. The number of pyridine rings is 2. The van der Waals surface area contributed by atoms with Gasteiger partial charge in [-0.2, -0.15) is 0 Å². The quantitative estimate of drug-likeness (QED) is 0.277. The van der Waals surface area contributed by atoms with Crippen molar-refractivity contribution in [2.45, 2.75) is 0 Å². The van der Waals surface area contributed by atoms with Gasteiger partial charge in [-0.3, -0.25) is 0 Å². The van der Waals surface area contributed by atoms with Crippen LogP contribution in [0.15, 0.2) is 115 Å². The van der Waals surface area contributed by atoms with Gasteiger partial charge in [-0.05, 0) is 30.3 Å². The monoisotopic (exact) mass is 449 g/mol. The van der Waals surface area contributed by atoms with Crippen LogP contribution in [0.1, 0.15) is 0 Å². The molecule has 0 aliphatic rings. The van der Waals surface area contributed by atoms with Gasteiger partial charge in [0.05, 0.1) is 28.1 Å². The molecule has 3 aromatic heterocycles. The van der Waals surface area contributed by atoms with E-state index in [2.05, 4.69) is 54.6 Å². The van der Waals surface area contributed by atoms with E-state index in [1.807, 2.05) is 60.7 Å². The molecule has 0 aliphatic heterocycles. The number of hydrogen-bond acceptors (Lipinski definition) is 4. The Kier molecular flexibility index (Phi) is 4.39. The molecule has 164 valence electrons. The Morgan fingerprint density at radius 1 is 0.457 bits per heavy atom. The summed E-state index contributed by atoms with van der Waals surface area (Å²) in [6.45, 7) is 0. The Morgan fingerprint density at radius 2 is 1.00 bits per heavy atom. The maximum absolute atomic E-state index is 5.12. The first-order valence-corrected chi connectivity index (χ1v) is 11.5. The zero-order chi connectivity index (χ0) is 23.2. The van der Waals surface area contributed by atoms with Crippen LogP contribution in [0, 0.1) is 0 Å². The molecule has 0 atom stereocenters. The maximum Gasteiger partial charge on any atom is 0.113 e. The van der Waals surface area contributed by atoms with Crippen molar-refractivity contribution >= 4 is 32.8 Å². The van der Waals surface area contributed by atoms with Gasteiger partial charge in [0.1, 0.15) is 11.0 Å². The fourth-order valence-corrected chi connectivity index (χ4v) is 4.52. The third-order valence-corrected chi connectivity index (χ3v) is 6.27. The molecular weight excluding hydrogens is 430 g/mol. The van der Waals surface area contributed by atoms with Gasteiger partial charge in [-0.15, -0.1) is 15.0 Å². The number of aromatic nitrogens is 5. The van der Waals surface area contributed by atoms with Gasteiger partial charge in [0.2, 0.25) is 0 Å². The fraction of sp³-hybridized carbons (Fsp3) is 0. The molecule has 5 heteroatoms. The topological polar surface area (TPSA) is 56.5 Å². The van der Waals surface area contributed by atoms with Gasteiger partial charge in [0.25, 0.3) is 0 Å². The zero-order valence-electron chi connectivity index (χ0n) is 18.7. The smallest absolute Gasteiger partial charge is 0.113 e. The standard InChI is InChI=1S/C30H19N5/c1-2-8-20(9-3-1)24-18-16-21-14-15-22-17-19-25(32-30(22)29(21)31-24)23-10-4-7-13-28(23)35-33-26-11-5-6-12-27(26)34-35/h1-19H. The summed E-state index contributed by atoms with van der Waals surface area (Å²) in [4.78, 5) is 11.8. The normalized spacial score (nSPS) is 11.4. The van der Waals surface area contributed by atoms with Crippen LogP contribution in [0.5, 0.6) is 0 Å². The third kappa shape index (κ3) is 3.33. The number of rotatable bonds is 3. The van der Waals surface area contributed by atoms with Crippen molar-refractivity contribution in [3.63, 3.8) is 0 Å². The summed E-state index contributed by atoms with van der Waals surface area (Å²) >= 11 is 0. The molecule has 7 rings (SSSR count).